The molecule has 0 aromatic carbocycles. The van der Waals surface area contributed by atoms with Crippen LogP contribution in [0.4, 0.5) is 0 Å². The molecule has 0 aliphatic heterocycles. The van der Waals surface area contributed by atoms with Crippen LogP contribution in [0.2, 0.25) is 0 Å². The first-order valence-electron chi connectivity index (χ1n) is 10.8. The summed E-state index contributed by atoms with van der Waals surface area (Å²) in [6, 6.07) is 0. The first kappa shape index (κ1) is 31.1. The minimum atomic E-state index is -0.154. The highest BCUT2D eigenvalue weighted by Crippen LogP contribution is 2.21. The summed E-state index contributed by atoms with van der Waals surface area (Å²) < 4.78 is 11.6. The number of aliphatic imine (C=N–C) groups is 1. The lowest BCUT2D eigenvalue weighted by Crippen LogP contribution is -2.33. The zero-order chi connectivity index (χ0) is 22.4. The fourth-order valence-electron chi connectivity index (χ4n) is 1.99. The SMILES string of the molecule is CC/C=C\C=N/CSSCCC.CNCCC(C)(C)OCCC(C)(C)OCCN. The third kappa shape index (κ3) is 25.9. The van der Waals surface area contributed by atoms with Gasteiger partial charge >= 0.3 is 0 Å². The van der Waals surface area contributed by atoms with Crippen LogP contribution in [-0.4, -0.2) is 62.4 Å². The maximum absolute atomic E-state index is 5.90. The van der Waals surface area contributed by atoms with Gasteiger partial charge in [0.05, 0.1) is 30.3 Å². The number of rotatable bonds is 17. The Morgan fingerprint density at radius 1 is 1.00 bits per heavy atom. The topological polar surface area (TPSA) is 68.9 Å². The Labute approximate surface area is 188 Å². The summed E-state index contributed by atoms with van der Waals surface area (Å²) in [4.78, 5) is 4.21. The second kappa shape index (κ2) is 21.2. The second-order valence-electron chi connectivity index (χ2n) is 7.85. The molecule has 0 fully saturated rings. The molecule has 7 heteroatoms. The largest absolute Gasteiger partial charge is 0.375 e. The van der Waals surface area contributed by atoms with E-state index in [9.17, 15) is 0 Å². The van der Waals surface area contributed by atoms with Gasteiger partial charge in [-0.05, 0) is 73.0 Å². The third-order valence-electron chi connectivity index (χ3n) is 3.85. The Balaban J connectivity index is 0. The molecule has 0 rings (SSSR count). The quantitative estimate of drug-likeness (QED) is 0.178. The van der Waals surface area contributed by atoms with E-state index in [0.29, 0.717) is 19.8 Å². The van der Waals surface area contributed by atoms with E-state index in [-0.39, 0.29) is 11.2 Å². The molecule has 0 unspecified atom stereocenters. The first-order chi connectivity index (χ1) is 13.7. The lowest BCUT2D eigenvalue weighted by Gasteiger charge is -2.29. The highest BCUT2D eigenvalue weighted by molar-refractivity contribution is 8.76. The van der Waals surface area contributed by atoms with Crippen LogP contribution in [0.1, 0.15) is 67.2 Å². The molecule has 0 bridgehead atoms. The molecule has 0 amide bonds. The molecule has 0 spiro atoms. The van der Waals surface area contributed by atoms with Crippen LogP contribution in [0.15, 0.2) is 17.1 Å². The molecule has 3 N–H and O–H groups in total. The van der Waals surface area contributed by atoms with Crippen LogP contribution in [0, 0.1) is 0 Å². The number of ether oxygens (including phenoxy) is 2. The fourth-order valence-corrected chi connectivity index (χ4v) is 3.76. The molecule has 0 aliphatic carbocycles. The van der Waals surface area contributed by atoms with Crippen molar-refractivity contribution in [2.24, 2.45) is 10.7 Å². The summed E-state index contributed by atoms with van der Waals surface area (Å²) in [7, 11) is 5.67. The smallest absolute Gasteiger partial charge is 0.0946 e. The highest BCUT2D eigenvalue weighted by Gasteiger charge is 2.22. The molecule has 0 heterocycles. The number of nitrogens with two attached hydrogens (primary N) is 1. The van der Waals surface area contributed by atoms with Crippen molar-refractivity contribution in [2.45, 2.75) is 78.4 Å². The molecule has 0 atom stereocenters. The molecule has 0 aliphatic rings. The van der Waals surface area contributed by atoms with Crippen LogP contribution in [0.3, 0.4) is 0 Å². The molecule has 0 radical (unpaired) electrons. The van der Waals surface area contributed by atoms with Gasteiger partial charge in [-0.15, -0.1) is 0 Å². The number of hydrogen-bond donors (Lipinski definition) is 2. The normalized spacial score (nSPS) is 12.6. The Morgan fingerprint density at radius 2 is 1.66 bits per heavy atom. The van der Waals surface area contributed by atoms with Gasteiger partial charge in [-0.2, -0.15) is 0 Å². The van der Waals surface area contributed by atoms with E-state index in [1.807, 2.05) is 40.9 Å². The standard InChI is InChI=1S/C13H30N2O2.C9H17NS2/c1-12(2,6-9-15-5)16-10-7-13(3,4)17-11-8-14;1-3-5-6-7-10-9-12-11-8-4-2/h15H,6-11,14H2,1-5H3;5-7H,3-4,8-9H2,1-2H3/b;6-5-,10-7-. The minimum absolute atomic E-state index is 0.0764. The van der Waals surface area contributed by atoms with Crippen LogP contribution < -0.4 is 11.1 Å². The number of nitrogens with one attached hydrogen (secondary N) is 1. The van der Waals surface area contributed by atoms with E-state index < -0.39 is 0 Å². The van der Waals surface area contributed by atoms with Crippen LogP contribution >= 0.6 is 21.6 Å². The molecule has 5 nitrogen and oxygen atoms in total. The molecular formula is C22H47N3O2S2. The van der Waals surface area contributed by atoms with Gasteiger partial charge in [-0.1, -0.05) is 41.5 Å². The lowest BCUT2D eigenvalue weighted by molar-refractivity contribution is -0.0721. The Kier molecular flexibility index (Phi) is 22.8. The minimum Gasteiger partial charge on any atom is -0.375 e. The molecule has 174 valence electrons. The third-order valence-corrected chi connectivity index (χ3v) is 6.16. The monoisotopic (exact) mass is 449 g/mol. The maximum atomic E-state index is 5.90. The summed E-state index contributed by atoms with van der Waals surface area (Å²) in [5.41, 5.74) is 5.19. The van der Waals surface area contributed by atoms with Gasteiger partial charge in [0.2, 0.25) is 0 Å². The fraction of sp³-hybridized carbons (Fsp3) is 0.864. The van der Waals surface area contributed by atoms with Gasteiger partial charge in [-0.25, -0.2) is 0 Å². The van der Waals surface area contributed by atoms with E-state index in [1.165, 1.54) is 12.2 Å². The molecule has 29 heavy (non-hydrogen) atoms. The molecule has 0 aromatic rings. The van der Waals surface area contributed by atoms with Crippen LogP contribution in [0.25, 0.3) is 0 Å². The Morgan fingerprint density at radius 3 is 2.24 bits per heavy atom. The van der Waals surface area contributed by atoms with Crippen LogP contribution in [-0.2, 0) is 9.47 Å². The van der Waals surface area contributed by atoms with Gasteiger partial charge in [0.15, 0.2) is 0 Å². The Bertz CT molecular complexity index is 384. The van der Waals surface area contributed by atoms with Gasteiger partial charge in [-0.3, -0.25) is 4.99 Å². The van der Waals surface area contributed by atoms with Crippen molar-refractivity contribution in [1.82, 2.24) is 5.32 Å². The summed E-state index contributed by atoms with van der Waals surface area (Å²) in [5, 5.41) is 3.14. The van der Waals surface area contributed by atoms with Crippen molar-refractivity contribution in [1.29, 1.82) is 0 Å². The van der Waals surface area contributed by atoms with Crippen molar-refractivity contribution in [3.8, 4) is 0 Å². The number of allylic oxidation sites excluding steroid dienone is 2. The molecular weight excluding hydrogens is 402 g/mol. The second-order valence-corrected chi connectivity index (χ2v) is 10.4. The predicted octanol–water partition coefficient (Wildman–Crippen LogP) is 5.31. The Hall–Kier alpha value is -0.0500. The predicted molar refractivity (Wildman–Crippen MR) is 135 cm³/mol. The van der Waals surface area contributed by atoms with E-state index in [2.05, 4.69) is 57.9 Å². The number of hydrogen-bond acceptors (Lipinski definition) is 7. The van der Waals surface area contributed by atoms with Gasteiger partial charge < -0.3 is 20.5 Å². The van der Waals surface area contributed by atoms with Crippen LogP contribution in [0.5, 0.6) is 0 Å². The molecule has 0 saturated heterocycles. The highest BCUT2D eigenvalue weighted by atomic mass is 33.1. The lowest BCUT2D eigenvalue weighted by atomic mass is 10.0. The van der Waals surface area contributed by atoms with Crippen molar-refractivity contribution < 1.29 is 9.47 Å². The average Bonchev–Trinajstić information content (AvgIpc) is 2.67. The first-order valence-corrected chi connectivity index (χ1v) is 13.3. The summed E-state index contributed by atoms with van der Waals surface area (Å²) in [6.45, 7) is 15.6. The van der Waals surface area contributed by atoms with E-state index in [0.717, 1.165) is 31.7 Å². The average molecular weight is 450 g/mol. The van der Waals surface area contributed by atoms with Crippen molar-refractivity contribution in [3.05, 3.63) is 12.2 Å². The number of nitrogens with zero attached hydrogens (tertiary/aromatic N) is 1. The van der Waals surface area contributed by atoms with Crippen molar-refractivity contribution in [3.63, 3.8) is 0 Å². The van der Waals surface area contributed by atoms with Gasteiger partial charge in [0.25, 0.3) is 0 Å². The van der Waals surface area contributed by atoms with Gasteiger partial charge in [0.1, 0.15) is 0 Å². The molecule has 0 aromatic heterocycles. The summed E-state index contributed by atoms with van der Waals surface area (Å²) in [6.07, 6.45) is 10.2. The van der Waals surface area contributed by atoms with E-state index in [1.54, 1.807) is 0 Å². The maximum Gasteiger partial charge on any atom is 0.0946 e. The molecule has 0 saturated carbocycles. The zero-order valence-electron chi connectivity index (χ0n) is 20.0. The van der Waals surface area contributed by atoms with Crippen molar-refractivity contribution in [2.75, 3.05) is 45.0 Å². The summed E-state index contributed by atoms with van der Waals surface area (Å²) >= 11 is 0. The van der Waals surface area contributed by atoms with E-state index >= 15 is 0 Å². The van der Waals surface area contributed by atoms with E-state index in [4.69, 9.17) is 15.2 Å². The zero-order valence-corrected chi connectivity index (χ0v) is 21.6. The summed E-state index contributed by atoms with van der Waals surface area (Å²) in [5.74, 6) is 2.10. The van der Waals surface area contributed by atoms with Gasteiger partial charge in [0, 0.05) is 18.5 Å². The van der Waals surface area contributed by atoms with Crippen molar-refractivity contribution >= 4 is 27.8 Å².